The van der Waals surface area contributed by atoms with Gasteiger partial charge in [-0.15, -0.1) is 6.58 Å². The van der Waals surface area contributed by atoms with Gasteiger partial charge in [-0.2, -0.15) is 0 Å². The predicted molar refractivity (Wildman–Crippen MR) is 51.6 cm³/mol. The van der Waals surface area contributed by atoms with E-state index in [9.17, 15) is 0 Å². The molecule has 0 aromatic heterocycles. The van der Waals surface area contributed by atoms with Crippen LogP contribution in [0.3, 0.4) is 0 Å². The molecule has 0 heterocycles. The smallest absolute Gasteiger partial charge is 0.00853 e. The minimum Gasteiger partial charge on any atom is -0.103 e. The normalized spacial score (nSPS) is 14.8. The van der Waals surface area contributed by atoms with E-state index >= 15 is 0 Å². The van der Waals surface area contributed by atoms with Crippen molar-refractivity contribution >= 4 is 15.9 Å². The van der Waals surface area contributed by atoms with Crippen molar-refractivity contribution in [3.63, 3.8) is 0 Å². The molecule has 0 aliphatic heterocycles. The van der Waals surface area contributed by atoms with E-state index in [1.54, 1.807) is 0 Å². The van der Waals surface area contributed by atoms with E-state index in [-0.39, 0.29) is 0 Å². The maximum atomic E-state index is 3.73. The zero-order valence-electron chi connectivity index (χ0n) is 7.15. The number of alkyl halides is 1. The molecule has 1 heteroatoms. The molecule has 0 spiro atoms. The van der Waals surface area contributed by atoms with Gasteiger partial charge in [0.15, 0.2) is 0 Å². The lowest BCUT2D eigenvalue weighted by Crippen LogP contribution is -2.22. The van der Waals surface area contributed by atoms with E-state index in [2.05, 4.69) is 43.3 Å². The summed E-state index contributed by atoms with van der Waals surface area (Å²) in [6.07, 6.45) is 3.10. The van der Waals surface area contributed by atoms with E-state index in [4.69, 9.17) is 0 Å². The van der Waals surface area contributed by atoms with Gasteiger partial charge in [0.25, 0.3) is 0 Å². The van der Waals surface area contributed by atoms with Gasteiger partial charge in [0, 0.05) is 5.33 Å². The van der Waals surface area contributed by atoms with Crippen LogP contribution in [0.1, 0.15) is 27.2 Å². The van der Waals surface area contributed by atoms with Gasteiger partial charge < -0.3 is 0 Å². The Morgan fingerprint density at radius 2 is 2.10 bits per heavy atom. The SMILES string of the molecule is C=CCC(C)C(C)(C)CBr. The minimum absolute atomic E-state index is 0.397. The van der Waals surface area contributed by atoms with Crippen LogP contribution in [0.4, 0.5) is 0 Å². The lowest BCUT2D eigenvalue weighted by Gasteiger charge is -2.28. The first kappa shape index (κ1) is 10.2. The van der Waals surface area contributed by atoms with Gasteiger partial charge in [0.05, 0.1) is 0 Å². The van der Waals surface area contributed by atoms with Crippen LogP contribution in [0.5, 0.6) is 0 Å². The van der Waals surface area contributed by atoms with Crippen LogP contribution in [0.2, 0.25) is 0 Å². The van der Waals surface area contributed by atoms with Gasteiger partial charge in [-0.1, -0.05) is 42.8 Å². The molecule has 0 aliphatic rings. The van der Waals surface area contributed by atoms with Gasteiger partial charge in [-0.25, -0.2) is 0 Å². The molecule has 60 valence electrons. The molecule has 0 radical (unpaired) electrons. The Balaban J connectivity index is 3.89. The first-order valence-electron chi connectivity index (χ1n) is 3.71. The van der Waals surface area contributed by atoms with Gasteiger partial charge >= 0.3 is 0 Å². The van der Waals surface area contributed by atoms with E-state index < -0.39 is 0 Å². The fourth-order valence-corrected chi connectivity index (χ4v) is 1.25. The average Bonchev–Trinajstić information content (AvgIpc) is 1.89. The molecule has 0 amide bonds. The molecule has 1 unspecified atom stereocenters. The summed E-state index contributed by atoms with van der Waals surface area (Å²) in [7, 11) is 0. The summed E-state index contributed by atoms with van der Waals surface area (Å²) in [5, 5.41) is 1.06. The van der Waals surface area contributed by atoms with Crippen LogP contribution < -0.4 is 0 Å². The Hall–Kier alpha value is 0.220. The molecule has 0 saturated carbocycles. The molecule has 0 aliphatic carbocycles. The van der Waals surface area contributed by atoms with Crippen molar-refractivity contribution in [1.29, 1.82) is 0 Å². The van der Waals surface area contributed by atoms with Gasteiger partial charge in [-0.05, 0) is 17.8 Å². The van der Waals surface area contributed by atoms with E-state index in [0.717, 1.165) is 11.8 Å². The van der Waals surface area contributed by atoms with Gasteiger partial charge in [0.1, 0.15) is 0 Å². The summed E-state index contributed by atoms with van der Waals surface area (Å²) in [5.41, 5.74) is 0.397. The summed E-state index contributed by atoms with van der Waals surface area (Å²) in [6.45, 7) is 10.5. The number of hydrogen-bond donors (Lipinski definition) is 0. The maximum Gasteiger partial charge on any atom is 0.00853 e. The van der Waals surface area contributed by atoms with Crippen molar-refractivity contribution in [1.82, 2.24) is 0 Å². The quantitative estimate of drug-likeness (QED) is 0.485. The Morgan fingerprint density at radius 1 is 1.60 bits per heavy atom. The molecule has 1 atom stereocenters. The van der Waals surface area contributed by atoms with Gasteiger partial charge in [-0.3, -0.25) is 0 Å². The lowest BCUT2D eigenvalue weighted by atomic mass is 9.80. The van der Waals surface area contributed by atoms with Crippen molar-refractivity contribution in [3.8, 4) is 0 Å². The third-order valence-corrected chi connectivity index (χ3v) is 3.64. The summed E-state index contributed by atoms with van der Waals surface area (Å²) in [4.78, 5) is 0. The van der Waals surface area contributed by atoms with E-state index in [1.165, 1.54) is 0 Å². The molecule has 0 rings (SSSR count). The fourth-order valence-electron chi connectivity index (χ4n) is 0.701. The van der Waals surface area contributed by atoms with Crippen molar-refractivity contribution in [3.05, 3.63) is 12.7 Å². The predicted octanol–water partition coefficient (Wildman–Crippen LogP) is 3.62. The summed E-state index contributed by atoms with van der Waals surface area (Å²) < 4.78 is 0. The van der Waals surface area contributed by atoms with Crippen LogP contribution in [0.15, 0.2) is 12.7 Å². The topological polar surface area (TPSA) is 0 Å². The molecule has 10 heavy (non-hydrogen) atoms. The molecule has 0 saturated heterocycles. The zero-order chi connectivity index (χ0) is 8.20. The highest BCUT2D eigenvalue weighted by Gasteiger charge is 2.22. The van der Waals surface area contributed by atoms with Crippen LogP contribution in [-0.4, -0.2) is 5.33 Å². The molecule has 0 N–H and O–H groups in total. The first-order valence-corrected chi connectivity index (χ1v) is 4.83. The molecule has 0 nitrogen and oxygen atoms in total. The number of halogens is 1. The summed E-state index contributed by atoms with van der Waals surface area (Å²) in [6, 6.07) is 0. The average molecular weight is 205 g/mol. The van der Waals surface area contributed by atoms with Crippen molar-refractivity contribution in [2.75, 3.05) is 5.33 Å². The zero-order valence-corrected chi connectivity index (χ0v) is 8.74. The Kier molecular flexibility index (Phi) is 4.26. The number of rotatable bonds is 4. The molecular formula is C9H17Br. The fraction of sp³-hybridized carbons (Fsp3) is 0.778. The van der Waals surface area contributed by atoms with Crippen molar-refractivity contribution < 1.29 is 0 Å². The van der Waals surface area contributed by atoms with Gasteiger partial charge in [0.2, 0.25) is 0 Å². The summed E-state index contributed by atoms with van der Waals surface area (Å²) in [5.74, 6) is 0.712. The lowest BCUT2D eigenvalue weighted by molar-refractivity contribution is 0.273. The highest BCUT2D eigenvalue weighted by Crippen LogP contribution is 2.30. The monoisotopic (exact) mass is 204 g/mol. The van der Waals surface area contributed by atoms with E-state index in [1.807, 2.05) is 6.08 Å². The van der Waals surface area contributed by atoms with Crippen molar-refractivity contribution in [2.45, 2.75) is 27.2 Å². The molecule has 0 aromatic carbocycles. The summed E-state index contributed by atoms with van der Waals surface area (Å²) >= 11 is 3.51. The first-order chi connectivity index (χ1) is 4.54. The molecular weight excluding hydrogens is 188 g/mol. The second kappa shape index (κ2) is 4.17. The Morgan fingerprint density at radius 3 is 2.40 bits per heavy atom. The van der Waals surface area contributed by atoms with E-state index in [0.29, 0.717) is 11.3 Å². The Bertz CT molecular complexity index is 105. The largest absolute Gasteiger partial charge is 0.103 e. The molecule has 0 fully saturated rings. The maximum absolute atomic E-state index is 3.73. The minimum atomic E-state index is 0.397. The van der Waals surface area contributed by atoms with Crippen LogP contribution >= 0.6 is 15.9 Å². The van der Waals surface area contributed by atoms with Crippen LogP contribution in [0, 0.1) is 11.3 Å². The highest BCUT2D eigenvalue weighted by molar-refractivity contribution is 9.09. The Labute approximate surface area is 72.8 Å². The standard InChI is InChI=1S/C9H17Br/c1-5-6-8(2)9(3,4)7-10/h5,8H,1,6-7H2,2-4H3. The molecule has 0 bridgehead atoms. The number of allylic oxidation sites excluding steroid dienone is 1. The third-order valence-electron chi connectivity index (χ3n) is 2.20. The van der Waals surface area contributed by atoms with Crippen LogP contribution in [-0.2, 0) is 0 Å². The second-order valence-electron chi connectivity index (χ2n) is 3.55. The third kappa shape index (κ3) is 2.87. The van der Waals surface area contributed by atoms with Crippen molar-refractivity contribution in [2.24, 2.45) is 11.3 Å². The second-order valence-corrected chi connectivity index (χ2v) is 4.11. The highest BCUT2D eigenvalue weighted by atomic mass is 79.9. The molecule has 0 aromatic rings. The van der Waals surface area contributed by atoms with Crippen LogP contribution in [0.25, 0.3) is 0 Å². The number of hydrogen-bond acceptors (Lipinski definition) is 0.